The first-order chi connectivity index (χ1) is 14.6. The number of nitrogens with one attached hydrogen (secondary N) is 1. The molecule has 3 atom stereocenters. The molecule has 2 bridgehead atoms. The summed E-state index contributed by atoms with van der Waals surface area (Å²) in [6, 6.07) is 19.0. The monoisotopic (exact) mass is 403 g/mol. The molecule has 2 saturated heterocycles. The van der Waals surface area contributed by atoms with Crippen LogP contribution < -0.4 is 0 Å². The molecule has 0 saturated carbocycles. The highest BCUT2D eigenvalue weighted by Gasteiger charge is 2.57. The minimum atomic E-state index is -0.305. The molecule has 2 fully saturated rings. The maximum Gasteiger partial charge on any atom is 0.272 e. The van der Waals surface area contributed by atoms with E-state index in [2.05, 4.69) is 22.3 Å². The lowest BCUT2D eigenvalue weighted by Gasteiger charge is -2.36. The lowest BCUT2D eigenvalue weighted by atomic mass is 9.70. The molecule has 3 N–H and O–H groups in total. The summed E-state index contributed by atoms with van der Waals surface area (Å²) in [5.41, 5.74) is 2.43. The maximum atomic E-state index is 13.4. The Bertz CT molecular complexity index is 1060. The van der Waals surface area contributed by atoms with E-state index in [-0.39, 0.29) is 35.8 Å². The number of hydrogen-bond acceptors (Lipinski definition) is 4. The molecule has 6 nitrogen and oxygen atoms in total. The minimum Gasteiger partial charge on any atom is -0.507 e. The number of rotatable bonds is 5. The number of nitrogens with zero attached hydrogens (tertiary/aromatic N) is 2. The van der Waals surface area contributed by atoms with Gasteiger partial charge in [0.15, 0.2) is 0 Å². The average Bonchev–Trinajstić information content (AvgIpc) is 3.48. The Morgan fingerprint density at radius 1 is 1.13 bits per heavy atom. The molecule has 1 aromatic heterocycles. The van der Waals surface area contributed by atoms with E-state index in [0.29, 0.717) is 17.0 Å². The predicted molar refractivity (Wildman–Crippen MR) is 113 cm³/mol. The number of H-pyrrole nitrogens is 1. The van der Waals surface area contributed by atoms with E-state index in [0.717, 1.165) is 25.7 Å². The zero-order valence-corrected chi connectivity index (χ0v) is 16.7. The SMILES string of the molecule is O=C(c1cc(-c2ccccc2O)n[nH]1)N1[C@@H]2CC[C@H]1[C@](CO)(Cc1ccccc1)C2. The smallest absolute Gasteiger partial charge is 0.272 e. The van der Waals surface area contributed by atoms with E-state index < -0.39 is 0 Å². The van der Waals surface area contributed by atoms with E-state index in [1.165, 1.54) is 5.56 Å². The normalized spacial score (nSPS) is 25.0. The van der Waals surface area contributed by atoms with Crippen molar-refractivity contribution in [1.82, 2.24) is 15.1 Å². The molecule has 3 heterocycles. The Kier molecular flexibility index (Phi) is 4.59. The van der Waals surface area contributed by atoms with Crippen molar-refractivity contribution in [3.63, 3.8) is 0 Å². The van der Waals surface area contributed by atoms with Crippen LogP contribution >= 0.6 is 0 Å². The Balaban J connectivity index is 1.41. The molecule has 2 aliphatic rings. The van der Waals surface area contributed by atoms with Gasteiger partial charge >= 0.3 is 0 Å². The molecule has 30 heavy (non-hydrogen) atoms. The number of aliphatic hydroxyl groups excluding tert-OH is 1. The van der Waals surface area contributed by atoms with Crippen molar-refractivity contribution in [2.24, 2.45) is 5.41 Å². The number of carbonyl (C=O) groups excluding carboxylic acids is 1. The Labute approximate surface area is 175 Å². The molecule has 3 aromatic rings. The molecule has 2 aliphatic heterocycles. The lowest BCUT2D eigenvalue weighted by Crippen LogP contribution is -2.44. The highest BCUT2D eigenvalue weighted by Crippen LogP contribution is 2.51. The predicted octanol–water partition coefficient (Wildman–Crippen LogP) is 3.38. The van der Waals surface area contributed by atoms with E-state index in [4.69, 9.17) is 0 Å². The van der Waals surface area contributed by atoms with Gasteiger partial charge in [0.05, 0.1) is 12.3 Å². The summed E-state index contributed by atoms with van der Waals surface area (Å²) in [5, 5.41) is 27.6. The number of aromatic nitrogens is 2. The largest absolute Gasteiger partial charge is 0.507 e. The van der Waals surface area contributed by atoms with Gasteiger partial charge in [0, 0.05) is 23.1 Å². The molecule has 6 heteroatoms. The molecule has 5 rings (SSSR count). The Morgan fingerprint density at radius 2 is 1.90 bits per heavy atom. The third-order valence-electron chi connectivity index (χ3n) is 6.79. The first-order valence-electron chi connectivity index (χ1n) is 10.4. The number of amides is 1. The third kappa shape index (κ3) is 2.99. The van der Waals surface area contributed by atoms with Crippen molar-refractivity contribution in [2.45, 2.75) is 37.8 Å². The van der Waals surface area contributed by atoms with Crippen LogP contribution in [0, 0.1) is 5.41 Å². The first-order valence-corrected chi connectivity index (χ1v) is 10.4. The zero-order valence-electron chi connectivity index (χ0n) is 16.7. The van der Waals surface area contributed by atoms with Crippen molar-refractivity contribution in [3.05, 3.63) is 71.9 Å². The van der Waals surface area contributed by atoms with Gasteiger partial charge in [-0.25, -0.2) is 0 Å². The average molecular weight is 403 g/mol. The standard InChI is InChI=1S/C24H25N3O3/c28-15-24(13-16-6-2-1-3-7-16)14-17-10-11-22(24)27(17)23(30)20-12-19(25-26-20)18-8-4-5-9-21(18)29/h1-9,12,17,22,28-29H,10-11,13-15H2,(H,25,26)/t17-,22+,24-/m1/s1. The van der Waals surface area contributed by atoms with Crippen LogP contribution in [0.2, 0.25) is 0 Å². The summed E-state index contributed by atoms with van der Waals surface area (Å²) in [6.07, 6.45) is 3.45. The van der Waals surface area contributed by atoms with Crippen LogP contribution in [0.25, 0.3) is 11.3 Å². The van der Waals surface area contributed by atoms with Gasteiger partial charge in [-0.2, -0.15) is 5.10 Å². The molecule has 1 amide bonds. The third-order valence-corrected chi connectivity index (χ3v) is 6.79. The van der Waals surface area contributed by atoms with E-state index >= 15 is 0 Å². The van der Waals surface area contributed by atoms with Gasteiger partial charge in [-0.1, -0.05) is 42.5 Å². The number of aromatic amines is 1. The molecular weight excluding hydrogens is 378 g/mol. The highest BCUT2D eigenvalue weighted by molar-refractivity contribution is 5.94. The number of carbonyl (C=O) groups is 1. The van der Waals surface area contributed by atoms with Crippen LogP contribution in [-0.4, -0.2) is 49.9 Å². The molecule has 0 spiro atoms. The number of phenols is 1. The molecule has 0 radical (unpaired) electrons. The molecule has 154 valence electrons. The van der Waals surface area contributed by atoms with Crippen LogP contribution in [0.1, 0.15) is 35.3 Å². The van der Waals surface area contributed by atoms with Gasteiger partial charge in [0.2, 0.25) is 0 Å². The van der Waals surface area contributed by atoms with Crippen LogP contribution in [-0.2, 0) is 6.42 Å². The molecule has 0 aliphatic carbocycles. The summed E-state index contributed by atoms with van der Waals surface area (Å²) >= 11 is 0. The molecule has 2 aromatic carbocycles. The number of hydrogen-bond donors (Lipinski definition) is 3. The summed E-state index contributed by atoms with van der Waals surface area (Å²) in [7, 11) is 0. The van der Waals surface area contributed by atoms with Crippen LogP contribution in [0.3, 0.4) is 0 Å². The Morgan fingerprint density at radius 3 is 2.67 bits per heavy atom. The van der Waals surface area contributed by atoms with E-state index in [9.17, 15) is 15.0 Å². The quantitative estimate of drug-likeness (QED) is 0.609. The second-order valence-electron chi connectivity index (χ2n) is 8.53. The number of phenolic OH excluding ortho intramolecular Hbond substituents is 1. The van der Waals surface area contributed by atoms with Gasteiger partial charge in [-0.15, -0.1) is 0 Å². The van der Waals surface area contributed by atoms with E-state index in [1.54, 1.807) is 24.3 Å². The van der Waals surface area contributed by atoms with Crippen LogP contribution in [0.4, 0.5) is 0 Å². The highest BCUT2D eigenvalue weighted by atomic mass is 16.3. The number of aromatic hydroxyl groups is 1. The molecular formula is C24H25N3O3. The van der Waals surface area contributed by atoms with Crippen molar-refractivity contribution in [2.75, 3.05) is 6.61 Å². The summed E-state index contributed by atoms with van der Waals surface area (Å²) in [5.74, 6) is 0.0476. The van der Waals surface area contributed by atoms with Crippen molar-refractivity contribution >= 4 is 5.91 Å². The van der Waals surface area contributed by atoms with Crippen LogP contribution in [0.15, 0.2) is 60.7 Å². The number of para-hydroxylation sites is 1. The van der Waals surface area contributed by atoms with Crippen LogP contribution in [0.5, 0.6) is 5.75 Å². The van der Waals surface area contributed by atoms with E-state index in [1.807, 2.05) is 29.2 Å². The van der Waals surface area contributed by atoms with Gasteiger partial charge < -0.3 is 15.1 Å². The number of aliphatic hydroxyl groups is 1. The number of benzene rings is 2. The first kappa shape index (κ1) is 18.9. The number of fused-ring (bicyclic) bond motifs is 2. The summed E-state index contributed by atoms with van der Waals surface area (Å²) in [6.45, 7) is 0.0684. The van der Waals surface area contributed by atoms with Gasteiger partial charge in [0.1, 0.15) is 11.4 Å². The second-order valence-corrected chi connectivity index (χ2v) is 8.53. The summed E-state index contributed by atoms with van der Waals surface area (Å²) < 4.78 is 0. The maximum absolute atomic E-state index is 13.4. The Hall–Kier alpha value is -3.12. The lowest BCUT2D eigenvalue weighted by molar-refractivity contribution is 0.0566. The second kappa shape index (κ2) is 7.29. The zero-order chi connectivity index (χ0) is 20.7. The fourth-order valence-electron chi connectivity index (χ4n) is 5.41. The molecule has 0 unspecified atom stereocenters. The van der Waals surface area contributed by atoms with Gasteiger partial charge in [-0.05, 0) is 49.4 Å². The fraction of sp³-hybridized carbons (Fsp3) is 0.333. The van der Waals surface area contributed by atoms with Crippen molar-refractivity contribution in [3.8, 4) is 17.0 Å². The van der Waals surface area contributed by atoms with Crippen molar-refractivity contribution < 1.29 is 15.0 Å². The fourth-order valence-corrected chi connectivity index (χ4v) is 5.41. The topological polar surface area (TPSA) is 89.4 Å². The summed E-state index contributed by atoms with van der Waals surface area (Å²) in [4.78, 5) is 15.4. The minimum absolute atomic E-state index is 0.0112. The van der Waals surface area contributed by atoms with Crippen molar-refractivity contribution in [1.29, 1.82) is 0 Å². The van der Waals surface area contributed by atoms with Gasteiger partial charge in [0.25, 0.3) is 5.91 Å². The van der Waals surface area contributed by atoms with Gasteiger partial charge in [-0.3, -0.25) is 9.89 Å².